The maximum Gasteiger partial charge on any atom is 0.329 e. The number of anilines is 2. The van der Waals surface area contributed by atoms with Crippen molar-refractivity contribution in [2.24, 2.45) is 5.10 Å². The summed E-state index contributed by atoms with van der Waals surface area (Å²) in [5, 5.41) is 16.3. The number of carbonyl (C=O) groups is 2. The normalized spacial score (nSPS) is 12.8. The van der Waals surface area contributed by atoms with E-state index in [1.807, 2.05) is 24.3 Å². The number of benzene rings is 1. The zero-order valence-corrected chi connectivity index (χ0v) is 18.0. The second kappa shape index (κ2) is 10.0. The first-order valence-corrected chi connectivity index (χ1v) is 10.9. The van der Waals surface area contributed by atoms with Gasteiger partial charge in [-0.2, -0.15) is 10.4 Å². The lowest BCUT2D eigenvalue weighted by molar-refractivity contribution is -0.136. The third-order valence-corrected chi connectivity index (χ3v) is 6.33. The van der Waals surface area contributed by atoms with Crippen molar-refractivity contribution in [3.8, 4) is 6.07 Å². The fourth-order valence-corrected chi connectivity index (χ4v) is 4.74. The summed E-state index contributed by atoms with van der Waals surface area (Å²) in [7, 11) is 0. The maximum absolute atomic E-state index is 12.2. The molecule has 0 saturated carbocycles. The number of hydrazone groups is 1. The molecule has 1 aliphatic carbocycles. The zero-order valence-electron chi connectivity index (χ0n) is 17.2. The van der Waals surface area contributed by atoms with E-state index in [-0.39, 0.29) is 0 Å². The smallest absolute Gasteiger partial charge is 0.329 e. The Balaban J connectivity index is 1.58. The highest BCUT2D eigenvalue weighted by Crippen LogP contribution is 2.37. The van der Waals surface area contributed by atoms with Crippen molar-refractivity contribution in [1.29, 1.82) is 5.26 Å². The van der Waals surface area contributed by atoms with Gasteiger partial charge in [0.25, 0.3) is 0 Å². The Bertz CT molecular complexity index is 984. The van der Waals surface area contributed by atoms with Gasteiger partial charge in [-0.1, -0.05) is 12.1 Å². The highest BCUT2D eigenvalue weighted by molar-refractivity contribution is 7.16. The van der Waals surface area contributed by atoms with Crippen molar-refractivity contribution in [2.75, 3.05) is 23.3 Å². The molecule has 1 heterocycles. The minimum absolute atomic E-state index is 0.445. The Kier molecular flexibility index (Phi) is 7.20. The molecule has 7 nitrogen and oxygen atoms in total. The molecule has 0 bridgehead atoms. The molecule has 0 atom stereocenters. The standard InChI is InChI=1S/C22H25N5O2S/c1-3-27(4-2)16-11-9-15(10-12-16)14-24-26-21(29)20(28)25-22-18(13-23)17-7-5-6-8-19(17)30-22/h9-12,14H,3-8H2,1-2H3,(H,25,28)(H,26,29). The number of nitriles is 1. The van der Waals surface area contributed by atoms with Gasteiger partial charge in [-0.25, -0.2) is 5.43 Å². The SMILES string of the molecule is CCN(CC)c1ccc(C=NNC(=O)C(=O)Nc2sc3c(c2C#N)CCCC3)cc1. The molecule has 8 heteroatoms. The van der Waals surface area contributed by atoms with E-state index in [1.54, 1.807) is 0 Å². The quantitative estimate of drug-likeness (QED) is 0.422. The molecule has 2 amide bonds. The van der Waals surface area contributed by atoms with Gasteiger partial charge in [0.05, 0.1) is 11.8 Å². The van der Waals surface area contributed by atoms with Crippen molar-refractivity contribution < 1.29 is 9.59 Å². The van der Waals surface area contributed by atoms with Crippen LogP contribution in [-0.4, -0.2) is 31.1 Å². The molecule has 2 N–H and O–H groups in total. The molecule has 2 aromatic rings. The molecule has 0 saturated heterocycles. The van der Waals surface area contributed by atoms with Crippen LogP contribution in [0.25, 0.3) is 0 Å². The molecular weight excluding hydrogens is 398 g/mol. The van der Waals surface area contributed by atoms with Gasteiger partial charge in [0.2, 0.25) is 0 Å². The van der Waals surface area contributed by atoms with E-state index in [1.165, 1.54) is 17.6 Å². The Hall–Kier alpha value is -3.18. The fraction of sp³-hybridized carbons (Fsp3) is 0.364. The van der Waals surface area contributed by atoms with Crippen molar-refractivity contribution in [3.63, 3.8) is 0 Å². The van der Waals surface area contributed by atoms with Gasteiger partial charge >= 0.3 is 11.8 Å². The van der Waals surface area contributed by atoms with Gasteiger partial charge in [0.15, 0.2) is 0 Å². The summed E-state index contributed by atoms with van der Waals surface area (Å²) in [5.41, 5.74) is 5.66. The first-order valence-electron chi connectivity index (χ1n) is 10.1. The Morgan fingerprint density at radius 3 is 2.53 bits per heavy atom. The topological polar surface area (TPSA) is 97.6 Å². The lowest BCUT2D eigenvalue weighted by atomic mass is 9.96. The molecule has 30 heavy (non-hydrogen) atoms. The molecule has 0 radical (unpaired) electrons. The van der Waals surface area contributed by atoms with E-state index in [2.05, 4.69) is 40.7 Å². The summed E-state index contributed by atoms with van der Waals surface area (Å²) in [4.78, 5) is 27.6. The van der Waals surface area contributed by atoms with E-state index >= 15 is 0 Å². The molecule has 3 rings (SSSR count). The number of nitrogens with one attached hydrogen (secondary N) is 2. The molecule has 0 fully saturated rings. The number of fused-ring (bicyclic) bond motifs is 1. The Morgan fingerprint density at radius 2 is 1.87 bits per heavy atom. The first kappa shape index (κ1) is 21.5. The van der Waals surface area contributed by atoms with Crippen LogP contribution in [0.2, 0.25) is 0 Å². The fourth-order valence-electron chi connectivity index (χ4n) is 3.51. The number of hydrogen-bond acceptors (Lipinski definition) is 6. The third-order valence-electron chi connectivity index (χ3n) is 5.12. The van der Waals surface area contributed by atoms with Crippen LogP contribution in [-0.2, 0) is 22.4 Å². The van der Waals surface area contributed by atoms with Crippen molar-refractivity contribution in [3.05, 3.63) is 45.8 Å². The summed E-state index contributed by atoms with van der Waals surface area (Å²) >= 11 is 1.38. The molecule has 156 valence electrons. The minimum Gasteiger partial charge on any atom is -0.372 e. The molecule has 0 unspecified atom stereocenters. The summed E-state index contributed by atoms with van der Waals surface area (Å²) in [6.07, 6.45) is 5.36. The number of nitrogens with zero attached hydrogens (tertiary/aromatic N) is 3. The second-order valence-corrected chi connectivity index (χ2v) is 8.05. The predicted molar refractivity (Wildman–Crippen MR) is 120 cm³/mol. The summed E-state index contributed by atoms with van der Waals surface area (Å²) in [6.45, 7) is 6.06. The van der Waals surface area contributed by atoms with Gasteiger partial charge in [-0.3, -0.25) is 9.59 Å². The van der Waals surface area contributed by atoms with Crippen LogP contribution in [0.15, 0.2) is 29.4 Å². The van der Waals surface area contributed by atoms with E-state index in [9.17, 15) is 14.9 Å². The highest BCUT2D eigenvalue weighted by atomic mass is 32.1. The second-order valence-electron chi connectivity index (χ2n) is 6.94. The summed E-state index contributed by atoms with van der Waals surface area (Å²) in [5.74, 6) is -1.71. The van der Waals surface area contributed by atoms with Gasteiger partial charge in [0.1, 0.15) is 11.1 Å². The van der Waals surface area contributed by atoms with Crippen molar-refractivity contribution in [2.45, 2.75) is 39.5 Å². The van der Waals surface area contributed by atoms with Gasteiger partial charge in [-0.15, -0.1) is 11.3 Å². The number of amides is 2. The van der Waals surface area contributed by atoms with E-state index in [0.29, 0.717) is 10.6 Å². The molecular formula is C22H25N5O2S. The van der Waals surface area contributed by atoms with Gasteiger partial charge in [-0.05, 0) is 62.8 Å². The van der Waals surface area contributed by atoms with Gasteiger partial charge < -0.3 is 10.2 Å². The summed E-state index contributed by atoms with van der Waals surface area (Å²) < 4.78 is 0. The van der Waals surface area contributed by atoms with E-state index in [4.69, 9.17) is 0 Å². The number of aryl methyl sites for hydroxylation is 1. The van der Waals surface area contributed by atoms with Crippen LogP contribution >= 0.6 is 11.3 Å². The monoisotopic (exact) mass is 423 g/mol. The lowest BCUT2D eigenvalue weighted by Crippen LogP contribution is -2.32. The molecule has 1 aliphatic rings. The van der Waals surface area contributed by atoms with E-state index < -0.39 is 11.8 Å². The number of hydrogen-bond donors (Lipinski definition) is 2. The zero-order chi connectivity index (χ0) is 21.5. The molecule has 1 aromatic heterocycles. The van der Waals surface area contributed by atoms with Crippen LogP contribution in [0.5, 0.6) is 0 Å². The maximum atomic E-state index is 12.2. The average Bonchev–Trinajstić information content (AvgIpc) is 3.12. The van der Waals surface area contributed by atoms with Crippen LogP contribution in [0.1, 0.15) is 48.3 Å². The van der Waals surface area contributed by atoms with E-state index in [0.717, 1.165) is 60.5 Å². The summed E-state index contributed by atoms with van der Waals surface area (Å²) in [6, 6.07) is 9.95. The third kappa shape index (κ3) is 4.86. The average molecular weight is 424 g/mol. The van der Waals surface area contributed by atoms with Gasteiger partial charge in [0, 0.05) is 23.7 Å². The predicted octanol–water partition coefficient (Wildman–Crippen LogP) is 3.43. The highest BCUT2D eigenvalue weighted by Gasteiger charge is 2.23. The largest absolute Gasteiger partial charge is 0.372 e. The van der Waals surface area contributed by atoms with Crippen LogP contribution < -0.4 is 15.6 Å². The molecule has 1 aromatic carbocycles. The van der Waals surface area contributed by atoms with Crippen LogP contribution in [0, 0.1) is 11.3 Å². The van der Waals surface area contributed by atoms with Crippen LogP contribution in [0.4, 0.5) is 10.7 Å². The molecule has 0 spiro atoms. The van der Waals surface area contributed by atoms with Crippen molar-refractivity contribution >= 4 is 40.1 Å². The number of carbonyl (C=O) groups excluding carboxylic acids is 2. The number of rotatable bonds is 6. The Labute approximate surface area is 180 Å². The first-order chi connectivity index (χ1) is 14.6. The molecule has 0 aliphatic heterocycles. The Morgan fingerprint density at radius 1 is 1.17 bits per heavy atom. The van der Waals surface area contributed by atoms with Crippen molar-refractivity contribution in [1.82, 2.24) is 5.43 Å². The lowest BCUT2D eigenvalue weighted by Gasteiger charge is -2.20. The van der Waals surface area contributed by atoms with Crippen LogP contribution in [0.3, 0.4) is 0 Å². The minimum atomic E-state index is -0.874. The number of thiophene rings is 1.